The van der Waals surface area contributed by atoms with Gasteiger partial charge in [0.15, 0.2) is 0 Å². The lowest BCUT2D eigenvalue weighted by molar-refractivity contribution is -0.137. The van der Waals surface area contributed by atoms with E-state index in [4.69, 9.17) is 0 Å². The van der Waals surface area contributed by atoms with Crippen LogP contribution in [0, 0.1) is 0 Å². The second kappa shape index (κ2) is 7.57. The summed E-state index contributed by atoms with van der Waals surface area (Å²) in [5.41, 5.74) is -0.554. The highest BCUT2D eigenvalue weighted by Gasteiger charge is 2.35. The lowest BCUT2D eigenvalue weighted by atomic mass is 10.1. The van der Waals surface area contributed by atoms with E-state index in [9.17, 15) is 27.6 Å². The highest BCUT2D eigenvalue weighted by atomic mass is 19.4. The minimum atomic E-state index is -4.64. The Morgan fingerprint density at radius 1 is 1.00 bits per heavy atom. The first-order valence-corrected chi connectivity index (χ1v) is 8.73. The Labute approximate surface area is 164 Å². The first kappa shape index (κ1) is 20.4. The van der Waals surface area contributed by atoms with Crippen LogP contribution in [0.4, 0.5) is 30.2 Å². The average Bonchev–Trinajstić information content (AvgIpc) is 2.99. The van der Waals surface area contributed by atoms with Crippen LogP contribution in [0.1, 0.15) is 28.8 Å². The number of rotatable bonds is 4. The number of benzene rings is 2. The molecule has 1 heterocycles. The third-order valence-electron chi connectivity index (χ3n) is 4.51. The van der Waals surface area contributed by atoms with Crippen LogP contribution in [0.15, 0.2) is 42.5 Å². The molecular formula is C20H18F3N3O3. The van der Waals surface area contributed by atoms with Crippen molar-refractivity contribution < 1.29 is 27.6 Å². The molecule has 1 N–H and O–H groups in total. The molecule has 0 aliphatic carbocycles. The number of imide groups is 1. The molecule has 1 aliphatic rings. The van der Waals surface area contributed by atoms with Crippen LogP contribution in [-0.2, 0) is 15.8 Å². The summed E-state index contributed by atoms with van der Waals surface area (Å²) in [7, 11) is 3.23. The number of carbonyl (C=O) groups is 3. The first-order valence-electron chi connectivity index (χ1n) is 8.73. The first-order chi connectivity index (χ1) is 13.6. The Bertz CT molecular complexity index is 953. The molecule has 1 fully saturated rings. The van der Waals surface area contributed by atoms with Crippen LogP contribution < -0.4 is 15.1 Å². The molecule has 29 heavy (non-hydrogen) atoms. The van der Waals surface area contributed by atoms with E-state index in [1.165, 1.54) is 41.3 Å². The van der Waals surface area contributed by atoms with Gasteiger partial charge in [-0.3, -0.25) is 19.3 Å². The number of alkyl halides is 3. The van der Waals surface area contributed by atoms with E-state index in [-0.39, 0.29) is 35.9 Å². The quantitative estimate of drug-likeness (QED) is 0.788. The third kappa shape index (κ3) is 4.23. The van der Waals surface area contributed by atoms with Gasteiger partial charge in [0.25, 0.3) is 5.91 Å². The molecule has 3 rings (SSSR count). The van der Waals surface area contributed by atoms with E-state index in [1.54, 1.807) is 14.1 Å². The van der Waals surface area contributed by atoms with Crippen molar-refractivity contribution in [1.29, 1.82) is 0 Å². The van der Waals surface area contributed by atoms with Crippen molar-refractivity contribution in [2.75, 3.05) is 29.2 Å². The monoisotopic (exact) mass is 405 g/mol. The number of hydrogen-bond donors (Lipinski definition) is 1. The summed E-state index contributed by atoms with van der Waals surface area (Å²) < 4.78 is 40.2. The van der Waals surface area contributed by atoms with Gasteiger partial charge in [-0.25, -0.2) is 0 Å². The molecule has 1 saturated heterocycles. The number of amides is 3. The van der Waals surface area contributed by atoms with Crippen molar-refractivity contribution in [2.45, 2.75) is 19.0 Å². The molecule has 3 amide bonds. The van der Waals surface area contributed by atoms with Crippen molar-refractivity contribution in [2.24, 2.45) is 0 Å². The van der Waals surface area contributed by atoms with Gasteiger partial charge in [0, 0.05) is 38.2 Å². The van der Waals surface area contributed by atoms with Crippen molar-refractivity contribution in [3.8, 4) is 0 Å². The zero-order chi connectivity index (χ0) is 21.3. The standard InChI is InChI=1S/C20H18F3N3O3/c1-25(2)14-7-8-16(15(11-14)20(21,22)23)24-19(29)12-3-5-13(6-4-12)26-17(27)9-10-18(26)28/h3-8,11H,9-10H2,1-2H3,(H,24,29). The van der Waals surface area contributed by atoms with Crippen molar-refractivity contribution in [1.82, 2.24) is 0 Å². The van der Waals surface area contributed by atoms with Crippen molar-refractivity contribution >= 4 is 34.8 Å². The largest absolute Gasteiger partial charge is 0.418 e. The summed E-state index contributed by atoms with van der Waals surface area (Å²) in [5.74, 6) is -1.40. The highest BCUT2D eigenvalue weighted by molar-refractivity contribution is 6.20. The fourth-order valence-electron chi connectivity index (χ4n) is 2.97. The second-order valence-electron chi connectivity index (χ2n) is 6.75. The normalized spacial score (nSPS) is 14.3. The molecule has 0 saturated carbocycles. The molecule has 9 heteroatoms. The minimum Gasteiger partial charge on any atom is -0.378 e. The van der Waals surface area contributed by atoms with E-state index in [0.29, 0.717) is 11.4 Å². The maximum Gasteiger partial charge on any atom is 0.418 e. The van der Waals surface area contributed by atoms with E-state index in [0.717, 1.165) is 11.0 Å². The van der Waals surface area contributed by atoms with Gasteiger partial charge in [-0.15, -0.1) is 0 Å². The molecule has 0 atom stereocenters. The summed E-state index contributed by atoms with van der Waals surface area (Å²) in [5, 5.41) is 2.28. The Morgan fingerprint density at radius 2 is 1.59 bits per heavy atom. The molecule has 0 bridgehead atoms. The van der Waals surface area contributed by atoms with Gasteiger partial charge in [-0.05, 0) is 42.5 Å². The Balaban J connectivity index is 1.83. The summed E-state index contributed by atoms with van der Waals surface area (Å²) in [6.45, 7) is 0. The molecule has 6 nitrogen and oxygen atoms in total. The number of carbonyl (C=O) groups excluding carboxylic acids is 3. The summed E-state index contributed by atoms with van der Waals surface area (Å²) in [4.78, 5) is 38.5. The number of anilines is 3. The Kier molecular flexibility index (Phi) is 5.32. The maximum atomic E-state index is 13.4. The summed E-state index contributed by atoms with van der Waals surface area (Å²) in [6.07, 6.45) is -4.39. The molecule has 152 valence electrons. The fourth-order valence-corrected chi connectivity index (χ4v) is 2.97. The van der Waals surface area contributed by atoms with Crippen molar-refractivity contribution in [3.63, 3.8) is 0 Å². The highest BCUT2D eigenvalue weighted by Crippen LogP contribution is 2.37. The van der Waals surface area contributed by atoms with Crippen LogP contribution in [-0.4, -0.2) is 31.8 Å². The Hall–Kier alpha value is -3.36. The van der Waals surface area contributed by atoms with Crippen molar-refractivity contribution in [3.05, 3.63) is 53.6 Å². The van der Waals surface area contributed by atoms with Gasteiger partial charge in [0.2, 0.25) is 11.8 Å². The molecule has 2 aromatic carbocycles. The Morgan fingerprint density at radius 3 is 2.10 bits per heavy atom. The van der Waals surface area contributed by atoms with Gasteiger partial charge >= 0.3 is 6.18 Å². The zero-order valence-electron chi connectivity index (χ0n) is 15.7. The lowest BCUT2D eigenvalue weighted by Crippen LogP contribution is -2.28. The van der Waals surface area contributed by atoms with Gasteiger partial charge in [-0.2, -0.15) is 13.2 Å². The van der Waals surface area contributed by atoms with Crippen LogP contribution in [0.2, 0.25) is 0 Å². The average molecular weight is 405 g/mol. The predicted octanol–water partition coefficient (Wildman–Crippen LogP) is 3.68. The maximum absolute atomic E-state index is 13.4. The molecule has 0 radical (unpaired) electrons. The lowest BCUT2D eigenvalue weighted by Gasteiger charge is -2.19. The number of hydrogen-bond acceptors (Lipinski definition) is 4. The van der Waals surface area contributed by atoms with E-state index < -0.39 is 17.6 Å². The molecule has 2 aromatic rings. The SMILES string of the molecule is CN(C)c1ccc(NC(=O)c2ccc(N3C(=O)CCC3=O)cc2)c(C(F)(F)F)c1. The molecular weight excluding hydrogens is 387 g/mol. The molecule has 1 aliphatic heterocycles. The number of nitrogens with one attached hydrogen (secondary N) is 1. The topological polar surface area (TPSA) is 69.7 Å². The van der Waals surface area contributed by atoms with E-state index in [2.05, 4.69) is 5.32 Å². The van der Waals surface area contributed by atoms with Crippen LogP contribution in [0.25, 0.3) is 0 Å². The van der Waals surface area contributed by atoms with Crippen LogP contribution in [0.3, 0.4) is 0 Å². The zero-order valence-corrected chi connectivity index (χ0v) is 15.7. The van der Waals surface area contributed by atoms with Crippen LogP contribution in [0.5, 0.6) is 0 Å². The van der Waals surface area contributed by atoms with Gasteiger partial charge in [0.05, 0.1) is 16.9 Å². The van der Waals surface area contributed by atoms with E-state index in [1.807, 2.05) is 0 Å². The van der Waals surface area contributed by atoms with Gasteiger partial charge in [0.1, 0.15) is 0 Å². The molecule has 0 unspecified atom stereocenters. The second-order valence-corrected chi connectivity index (χ2v) is 6.75. The minimum absolute atomic E-state index is 0.0951. The summed E-state index contributed by atoms with van der Waals surface area (Å²) >= 11 is 0. The van der Waals surface area contributed by atoms with Crippen LogP contribution >= 0.6 is 0 Å². The predicted molar refractivity (Wildman–Crippen MR) is 102 cm³/mol. The van der Waals surface area contributed by atoms with E-state index >= 15 is 0 Å². The fraction of sp³-hybridized carbons (Fsp3) is 0.250. The smallest absolute Gasteiger partial charge is 0.378 e. The molecule has 0 spiro atoms. The number of halogens is 3. The third-order valence-corrected chi connectivity index (χ3v) is 4.51. The van der Waals surface area contributed by atoms with Gasteiger partial charge < -0.3 is 10.2 Å². The number of nitrogens with zero attached hydrogens (tertiary/aromatic N) is 2. The summed E-state index contributed by atoms with van der Waals surface area (Å²) in [6, 6.07) is 9.16. The van der Waals surface area contributed by atoms with Gasteiger partial charge in [-0.1, -0.05) is 0 Å². The molecule has 0 aromatic heterocycles.